The fourth-order valence-corrected chi connectivity index (χ4v) is 2.28. The Bertz CT molecular complexity index is 506. The van der Waals surface area contributed by atoms with Crippen molar-refractivity contribution in [3.63, 3.8) is 0 Å². The Morgan fingerprint density at radius 3 is 2.47 bits per heavy atom. The molecule has 0 heterocycles. The third-order valence-corrected chi connectivity index (χ3v) is 3.81. The lowest BCUT2D eigenvalue weighted by Gasteiger charge is -2.10. The number of sulfone groups is 1. The van der Waals surface area contributed by atoms with Gasteiger partial charge in [-0.05, 0) is 30.5 Å². The molecule has 0 amide bonds. The molecule has 3 nitrogen and oxygen atoms in total. The number of nitrogens with two attached hydrogens (primary N) is 1. The van der Waals surface area contributed by atoms with Crippen molar-refractivity contribution in [3.8, 4) is 0 Å². The monoisotopic (exact) mass is 229 g/mol. The summed E-state index contributed by atoms with van der Waals surface area (Å²) in [6.07, 6.45) is 2.63. The Labute approximate surface area is 88.0 Å². The van der Waals surface area contributed by atoms with Crippen molar-refractivity contribution >= 4 is 9.84 Å². The molecule has 0 radical (unpaired) electrons. The summed E-state index contributed by atoms with van der Waals surface area (Å²) in [5.41, 5.74) is 6.17. The zero-order valence-electron chi connectivity index (χ0n) is 8.33. The smallest absolute Gasteiger partial charge is 0.178 e. The third-order valence-electron chi connectivity index (χ3n) is 2.69. The molecule has 5 heteroatoms. The van der Waals surface area contributed by atoms with E-state index < -0.39 is 21.2 Å². The average Bonchev–Trinajstić information content (AvgIpc) is 2.83. The Hall–Kier alpha value is -0.940. The third kappa shape index (κ3) is 1.89. The van der Waals surface area contributed by atoms with Gasteiger partial charge in [0.1, 0.15) is 10.7 Å². The summed E-state index contributed by atoms with van der Waals surface area (Å²) >= 11 is 0. The van der Waals surface area contributed by atoms with Crippen LogP contribution in [0, 0.1) is 5.82 Å². The summed E-state index contributed by atoms with van der Waals surface area (Å²) in [5, 5.41) is 0. The van der Waals surface area contributed by atoms with E-state index >= 15 is 0 Å². The molecule has 0 atom stereocenters. The highest BCUT2D eigenvalue weighted by molar-refractivity contribution is 7.90. The second-order valence-corrected chi connectivity index (χ2v) is 6.06. The maximum Gasteiger partial charge on any atom is 0.178 e. The number of rotatable bonds is 2. The van der Waals surface area contributed by atoms with Crippen LogP contribution in [-0.4, -0.2) is 14.7 Å². The lowest BCUT2D eigenvalue weighted by atomic mass is 10.1. The van der Waals surface area contributed by atoms with Crippen molar-refractivity contribution in [1.29, 1.82) is 0 Å². The molecule has 2 N–H and O–H groups in total. The van der Waals surface area contributed by atoms with Crippen LogP contribution in [-0.2, 0) is 15.4 Å². The van der Waals surface area contributed by atoms with E-state index in [1.807, 2.05) is 0 Å². The minimum absolute atomic E-state index is 0.267. The van der Waals surface area contributed by atoms with Crippen molar-refractivity contribution in [1.82, 2.24) is 0 Å². The second kappa shape index (κ2) is 3.02. The van der Waals surface area contributed by atoms with Crippen LogP contribution < -0.4 is 5.73 Å². The highest BCUT2D eigenvalue weighted by atomic mass is 32.2. The molecule has 0 aromatic heterocycles. The highest BCUT2D eigenvalue weighted by Crippen LogP contribution is 2.43. The number of benzene rings is 1. The summed E-state index contributed by atoms with van der Waals surface area (Å²) in [7, 11) is -3.52. The first-order valence-electron chi connectivity index (χ1n) is 4.62. The van der Waals surface area contributed by atoms with Crippen molar-refractivity contribution in [3.05, 3.63) is 29.6 Å². The maximum absolute atomic E-state index is 13.3. The lowest BCUT2D eigenvalue weighted by molar-refractivity contribution is 0.568. The first kappa shape index (κ1) is 10.6. The Morgan fingerprint density at radius 1 is 1.40 bits per heavy atom. The zero-order chi connectivity index (χ0) is 11.3. The molecule has 1 aromatic carbocycles. The minimum Gasteiger partial charge on any atom is -0.321 e. The lowest BCUT2D eigenvalue weighted by Crippen LogP contribution is -2.19. The van der Waals surface area contributed by atoms with Crippen molar-refractivity contribution < 1.29 is 12.8 Å². The van der Waals surface area contributed by atoms with Gasteiger partial charge in [0.25, 0.3) is 0 Å². The summed E-state index contributed by atoms with van der Waals surface area (Å²) in [4.78, 5) is -0.267. The summed E-state index contributed by atoms with van der Waals surface area (Å²) in [5.74, 6) is -0.717. The van der Waals surface area contributed by atoms with Gasteiger partial charge < -0.3 is 5.73 Å². The molecule has 82 valence electrons. The standard InChI is InChI=1S/C10H12FNO2S/c1-15(13,14)9-6-7(2-3-8(9)11)10(12)4-5-10/h2-3,6H,4-5,12H2,1H3. The SMILES string of the molecule is CS(=O)(=O)c1cc(C2(N)CC2)ccc1F. The quantitative estimate of drug-likeness (QED) is 0.828. The molecule has 0 aliphatic heterocycles. The van der Waals surface area contributed by atoms with E-state index in [1.54, 1.807) is 6.07 Å². The predicted molar refractivity (Wildman–Crippen MR) is 54.6 cm³/mol. The van der Waals surface area contributed by atoms with Crippen LogP contribution in [0.4, 0.5) is 4.39 Å². The minimum atomic E-state index is -3.52. The molecule has 0 saturated heterocycles. The Balaban J connectivity index is 2.56. The molecule has 1 saturated carbocycles. The first-order chi connectivity index (χ1) is 6.83. The Morgan fingerprint density at radius 2 is 2.00 bits per heavy atom. The van der Waals surface area contributed by atoms with Gasteiger partial charge in [0.2, 0.25) is 0 Å². The van der Waals surface area contributed by atoms with Crippen molar-refractivity contribution in [2.45, 2.75) is 23.3 Å². The van der Waals surface area contributed by atoms with Gasteiger partial charge in [0.05, 0.1) is 0 Å². The van der Waals surface area contributed by atoms with Gasteiger partial charge in [-0.25, -0.2) is 12.8 Å². The molecule has 1 aliphatic rings. The molecule has 0 unspecified atom stereocenters. The molecular formula is C10H12FNO2S. The van der Waals surface area contributed by atoms with E-state index in [2.05, 4.69) is 0 Å². The van der Waals surface area contributed by atoms with E-state index in [0.717, 1.165) is 19.1 Å². The van der Waals surface area contributed by atoms with Gasteiger partial charge in [-0.3, -0.25) is 0 Å². The summed E-state index contributed by atoms with van der Waals surface area (Å²) in [6, 6.07) is 4.06. The van der Waals surface area contributed by atoms with E-state index in [4.69, 9.17) is 5.73 Å². The van der Waals surface area contributed by atoms with Crippen LogP contribution in [0.15, 0.2) is 23.1 Å². The zero-order valence-corrected chi connectivity index (χ0v) is 9.14. The fourth-order valence-electron chi connectivity index (χ4n) is 1.52. The number of halogens is 1. The topological polar surface area (TPSA) is 60.2 Å². The fraction of sp³-hybridized carbons (Fsp3) is 0.400. The van der Waals surface area contributed by atoms with E-state index in [-0.39, 0.29) is 4.90 Å². The van der Waals surface area contributed by atoms with Crippen LogP contribution in [0.3, 0.4) is 0 Å². The van der Waals surface area contributed by atoms with Gasteiger partial charge in [0.15, 0.2) is 9.84 Å². The molecule has 0 bridgehead atoms. The van der Waals surface area contributed by atoms with Gasteiger partial charge in [-0.1, -0.05) is 6.07 Å². The number of hydrogen-bond acceptors (Lipinski definition) is 3. The van der Waals surface area contributed by atoms with Crippen LogP contribution in [0.5, 0.6) is 0 Å². The van der Waals surface area contributed by atoms with Crippen molar-refractivity contribution in [2.24, 2.45) is 5.73 Å². The maximum atomic E-state index is 13.3. The molecule has 1 aromatic rings. The van der Waals surface area contributed by atoms with E-state index in [1.165, 1.54) is 12.1 Å². The van der Waals surface area contributed by atoms with E-state index in [0.29, 0.717) is 5.56 Å². The van der Waals surface area contributed by atoms with Crippen LogP contribution in [0.1, 0.15) is 18.4 Å². The van der Waals surface area contributed by atoms with Crippen LogP contribution in [0.2, 0.25) is 0 Å². The highest BCUT2D eigenvalue weighted by Gasteiger charge is 2.40. The molecule has 1 aliphatic carbocycles. The van der Waals surface area contributed by atoms with Crippen LogP contribution in [0.25, 0.3) is 0 Å². The van der Waals surface area contributed by atoms with E-state index in [9.17, 15) is 12.8 Å². The van der Waals surface area contributed by atoms with Gasteiger partial charge in [0, 0.05) is 11.8 Å². The van der Waals surface area contributed by atoms with Crippen molar-refractivity contribution in [2.75, 3.05) is 6.26 Å². The average molecular weight is 229 g/mol. The van der Waals surface area contributed by atoms with Crippen LogP contribution >= 0.6 is 0 Å². The summed E-state index contributed by atoms with van der Waals surface area (Å²) in [6.45, 7) is 0. The first-order valence-corrected chi connectivity index (χ1v) is 6.51. The normalized spacial score (nSPS) is 18.9. The molecule has 1 fully saturated rings. The summed E-state index contributed by atoms with van der Waals surface area (Å²) < 4.78 is 35.8. The van der Waals surface area contributed by atoms with Gasteiger partial charge in [-0.15, -0.1) is 0 Å². The van der Waals surface area contributed by atoms with Gasteiger partial charge >= 0.3 is 0 Å². The molecule has 2 rings (SSSR count). The Kier molecular flexibility index (Phi) is 2.13. The second-order valence-electron chi connectivity index (χ2n) is 4.07. The van der Waals surface area contributed by atoms with Gasteiger partial charge in [-0.2, -0.15) is 0 Å². The molecule has 0 spiro atoms. The number of hydrogen-bond donors (Lipinski definition) is 1. The molecule has 15 heavy (non-hydrogen) atoms. The predicted octanol–water partition coefficient (Wildman–Crippen LogP) is 1.18. The molecular weight excluding hydrogens is 217 g/mol. The largest absolute Gasteiger partial charge is 0.321 e.